The van der Waals surface area contributed by atoms with E-state index in [4.69, 9.17) is 10.1 Å². The standard InChI is InChI=1S/C24H12NO.C6H5NO2.Ir/c26-24-18-7-2-1-6-16(18)17-8-4-9-19(23(17)24)21-13-15-12-11-14-5-3-10-20(25-21)22(14)15;8-6(9)5-3-1-2-4-7-5;/h1-8,10-13H;1-4H,(H,8,9);/q-1;;. The van der Waals surface area contributed by atoms with Gasteiger partial charge in [-0.05, 0) is 40.6 Å². The SMILES string of the molecule is O=C(O)c1ccccn1.O=C1c2ccccc2-c2cc[c-]c(-c3cc4c5c(cccc5n3)C=C4)c21.[Ir]. The zero-order valence-corrected chi connectivity index (χ0v) is 21.1. The van der Waals surface area contributed by atoms with Gasteiger partial charge in [0.2, 0.25) is 0 Å². The van der Waals surface area contributed by atoms with Crippen LogP contribution in [-0.4, -0.2) is 26.8 Å². The molecule has 0 fully saturated rings. The van der Waals surface area contributed by atoms with E-state index in [0.717, 1.165) is 39.0 Å². The summed E-state index contributed by atoms with van der Waals surface area (Å²) in [5.41, 5.74) is 8.41. The van der Waals surface area contributed by atoms with Crippen molar-refractivity contribution in [2.24, 2.45) is 0 Å². The second-order valence-corrected chi connectivity index (χ2v) is 8.21. The zero-order chi connectivity index (χ0) is 23.9. The van der Waals surface area contributed by atoms with Gasteiger partial charge in [0.1, 0.15) is 5.69 Å². The van der Waals surface area contributed by atoms with Gasteiger partial charge in [-0.1, -0.05) is 71.8 Å². The number of aromatic carboxylic acids is 1. The van der Waals surface area contributed by atoms with Crippen LogP contribution in [0.5, 0.6) is 0 Å². The predicted molar refractivity (Wildman–Crippen MR) is 135 cm³/mol. The molecular formula is C30H17IrN2O3-. The quantitative estimate of drug-likeness (QED) is 0.228. The van der Waals surface area contributed by atoms with E-state index in [2.05, 4.69) is 35.3 Å². The maximum Gasteiger partial charge on any atom is 0.354 e. The average molecular weight is 646 g/mol. The molecule has 0 saturated heterocycles. The van der Waals surface area contributed by atoms with Crippen LogP contribution in [0.4, 0.5) is 0 Å². The van der Waals surface area contributed by atoms with Gasteiger partial charge in [-0.15, -0.1) is 23.8 Å². The molecule has 1 radical (unpaired) electrons. The molecule has 7 rings (SSSR count). The van der Waals surface area contributed by atoms with E-state index in [0.29, 0.717) is 5.56 Å². The molecule has 0 bridgehead atoms. The number of hydrogen-bond donors (Lipinski definition) is 1. The summed E-state index contributed by atoms with van der Waals surface area (Å²) in [7, 11) is 0. The molecule has 0 aliphatic heterocycles. The summed E-state index contributed by atoms with van der Waals surface area (Å²) in [5, 5.41) is 9.50. The van der Waals surface area contributed by atoms with Crippen molar-refractivity contribution < 1.29 is 34.8 Å². The Hall–Kier alpha value is -4.25. The largest absolute Gasteiger partial charge is 0.477 e. The van der Waals surface area contributed by atoms with Crippen LogP contribution in [0.2, 0.25) is 0 Å². The maximum absolute atomic E-state index is 13.0. The number of hydrogen-bond acceptors (Lipinski definition) is 4. The minimum absolute atomic E-state index is 0. The number of carbonyl (C=O) groups excluding carboxylic acids is 1. The number of carboxylic acid groups (broad SMARTS) is 1. The smallest absolute Gasteiger partial charge is 0.354 e. The number of fused-ring (bicyclic) bond motifs is 3. The Bertz CT molecular complexity index is 1690. The van der Waals surface area contributed by atoms with E-state index in [9.17, 15) is 9.59 Å². The second kappa shape index (κ2) is 9.42. The molecular weight excluding hydrogens is 629 g/mol. The molecule has 36 heavy (non-hydrogen) atoms. The number of carboxylic acids is 1. The van der Waals surface area contributed by atoms with Crippen LogP contribution in [0.15, 0.2) is 85.1 Å². The van der Waals surface area contributed by atoms with Gasteiger partial charge in [-0.3, -0.25) is 9.78 Å². The van der Waals surface area contributed by atoms with Crippen LogP contribution in [-0.2, 0) is 20.1 Å². The van der Waals surface area contributed by atoms with E-state index in [1.165, 1.54) is 23.2 Å². The minimum atomic E-state index is -0.990. The summed E-state index contributed by atoms with van der Waals surface area (Å²) in [6.45, 7) is 0. The van der Waals surface area contributed by atoms with Crippen molar-refractivity contribution in [3.63, 3.8) is 0 Å². The summed E-state index contributed by atoms with van der Waals surface area (Å²) < 4.78 is 0. The van der Waals surface area contributed by atoms with Gasteiger partial charge in [0.25, 0.3) is 0 Å². The summed E-state index contributed by atoms with van der Waals surface area (Å²) in [6.07, 6.45) is 5.68. The van der Waals surface area contributed by atoms with Crippen molar-refractivity contribution in [2.45, 2.75) is 0 Å². The maximum atomic E-state index is 13.0. The average Bonchev–Trinajstić information content (AvgIpc) is 3.45. The third kappa shape index (κ3) is 3.87. The van der Waals surface area contributed by atoms with Crippen LogP contribution in [0.25, 0.3) is 45.4 Å². The Morgan fingerprint density at radius 1 is 0.833 bits per heavy atom. The molecule has 5 aromatic rings. The van der Waals surface area contributed by atoms with E-state index >= 15 is 0 Å². The first-order valence-electron chi connectivity index (χ1n) is 11.1. The van der Waals surface area contributed by atoms with Crippen LogP contribution in [0.3, 0.4) is 0 Å². The van der Waals surface area contributed by atoms with Crippen molar-refractivity contribution in [1.29, 1.82) is 0 Å². The molecule has 0 spiro atoms. The molecule has 2 heterocycles. The fraction of sp³-hybridized carbons (Fsp3) is 0. The molecule has 0 amide bonds. The van der Waals surface area contributed by atoms with Gasteiger partial charge < -0.3 is 5.11 Å². The predicted octanol–water partition coefficient (Wildman–Crippen LogP) is 6.17. The third-order valence-electron chi connectivity index (χ3n) is 6.17. The monoisotopic (exact) mass is 646 g/mol. The molecule has 175 valence electrons. The number of pyridine rings is 2. The molecule has 1 N–H and O–H groups in total. The molecule has 0 saturated carbocycles. The Morgan fingerprint density at radius 2 is 1.61 bits per heavy atom. The van der Waals surface area contributed by atoms with Gasteiger partial charge in [-0.25, -0.2) is 9.78 Å². The van der Waals surface area contributed by atoms with E-state index in [1.54, 1.807) is 12.1 Å². The summed E-state index contributed by atoms with van der Waals surface area (Å²) in [5.74, 6) is -0.930. The fourth-order valence-electron chi connectivity index (χ4n) is 4.63. The molecule has 2 aromatic heterocycles. The molecule has 3 aromatic carbocycles. The number of rotatable bonds is 2. The fourth-order valence-corrected chi connectivity index (χ4v) is 4.63. The summed E-state index contributed by atoms with van der Waals surface area (Å²) in [6, 6.07) is 27.9. The van der Waals surface area contributed by atoms with E-state index in [-0.39, 0.29) is 31.6 Å². The normalized spacial score (nSPS) is 11.8. The second-order valence-electron chi connectivity index (χ2n) is 8.21. The Morgan fingerprint density at radius 3 is 2.36 bits per heavy atom. The zero-order valence-electron chi connectivity index (χ0n) is 18.7. The first-order valence-corrected chi connectivity index (χ1v) is 11.1. The minimum Gasteiger partial charge on any atom is -0.477 e. The van der Waals surface area contributed by atoms with Gasteiger partial charge >= 0.3 is 5.97 Å². The van der Waals surface area contributed by atoms with Gasteiger partial charge in [-0.2, -0.15) is 0 Å². The van der Waals surface area contributed by atoms with Crippen LogP contribution < -0.4 is 0 Å². The Labute approximate surface area is 220 Å². The third-order valence-corrected chi connectivity index (χ3v) is 6.17. The topological polar surface area (TPSA) is 80.1 Å². The van der Waals surface area contributed by atoms with E-state index in [1.807, 2.05) is 48.5 Å². The van der Waals surface area contributed by atoms with Gasteiger partial charge in [0, 0.05) is 37.3 Å². The van der Waals surface area contributed by atoms with E-state index < -0.39 is 5.97 Å². The summed E-state index contributed by atoms with van der Waals surface area (Å²) in [4.78, 5) is 31.6. The van der Waals surface area contributed by atoms with Crippen molar-refractivity contribution in [2.75, 3.05) is 0 Å². The summed E-state index contributed by atoms with van der Waals surface area (Å²) >= 11 is 0. The number of nitrogens with zero attached hydrogens (tertiary/aromatic N) is 2. The molecule has 2 aliphatic carbocycles. The molecule has 0 atom stereocenters. The molecule has 6 heteroatoms. The molecule has 0 unspecified atom stereocenters. The van der Waals surface area contributed by atoms with Crippen molar-refractivity contribution >= 4 is 34.8 Å². The molecule has 2 aliphatic rings. The van der Waals surface area contributed by atoms with Crippen molar-refractivity contribution in [3.05, 3.63) is 119 Å². The van der Waals surface area contributed by atoms with Crippen LogP contribution >= 0.6 is 0 Å². The van der Waals surface area contributed by atoms with Gasteiger partial charge in [0.15, 0.2) is 5.78 Å². The van der Waals surface area contributed by atoms with Gasteiger partial charge in [0.05, 0.1) is 5.52 Å². The Balaban J connectivity index is 0.000000229. The van der Waals surface area contributed by atoms with Crippen LogP contribution in [0.1, 0.15) is 37.5 Å². The van der Waals surface area contributed by atoms with Crippen molar-refractivity contribution in [1.82, 2.24) is 9.97 Å². The number of benzene rings is 3. The molecule has 5 nitrogen and oxygen atoms in total. The number of carbonyl (C=O) groups is 2. The number of aromatic nitrogens is 2. The first kappa shape index (κ1) is 23.5. The van der Waals surface area contributed by atoms with Crippen molar-refractivity contribution in [3.8, 4) is 22.4 Å². The van der Waals surface area contributed by atoms with Crippen LogP contribution in [0, 0.1) is 6.07 Å². The number of ketones is 1. The first-order chi connectivity index (χ1) is 17.1. The Kier molecular flexibility index (Phi) is 6.15.